The highest BCUT2D eigenvalue weighted by molar-refractivity contribution is 8.18. The molecule has 1 saturated heterocycles. The average molecular weight is 382 g/mol. The Kier molecular flexibility index (Phi) is 5.33. The van der Waals surface area contributed by atoms with Crippen LogP contribution in [-0.4, -0.2) is 28.6 Å². The van der Waals surface area contributed by atoms with Crippen LogP contribution in [0.1, 0.15) is 21.9 Å². The van der Waals surface area contributed by atoms with E-state index in [-0.39, 0.29) is 18.9 Å². The quantitative estimate of drug-likeness (QED) is 0.555. The number of carbonyl (C=O) groups is 3. The number of furan rings is 1. The molecule has 8 heteroatoms. The first-order valence-corrected chi connectivity index (χ1v) is 8.51. The van der Waals surface area contributed by atoms with Gasteiger partial charge < -0.3 is 19.1 Å². The van der Waals surface area contributed by atoms with Crippen LogP contribution in [0.15, 0.2) is 45.7 Å². The van der Waals surface area contributed by atoms with Crippen molar-refractivity contribution < 1.29 is 28.6 Å². The zero-order valence-electron chi connectivity index (χ0n) is 13.8. The molecule has 0 N–H and O–H groups in total. The van der Waals surface area contributed by atoms with Gasteiger partial charge in [0, 0.05) is 0 Å². The largest absolute Gasteiger partial charge is 0.542 e. The average Bonchev–Trinajstić information content (AvgIpc) is 3.22. The number of imide groups is 1. The van der Waals surface area contributed by atoms with Gasteiger partial charge in [0.05, 0.1) is 11.4 Å². The van der Waals surface area contributed by atoms with Gasteiger partial charge >= 0.3 is 0 Å². The van der Waals surface area contributed by atoms with E-state index in [1.165, 1.54) is 12.1 Å². The summed E-state index contributed by atoms with van der Waals surface area (Å²) in [6.07, 6.45) is 6.76. The molecule has 0 atom stereocenters. The Hall–Kier alpha value is -3.44. The lowest BCUT2D eigenvalue weighted by molar-refractivity contribution is -0.257. The van der Waals surface area contributed by atoms with Crippen LogP contribution in [0.5, 0.6) is 5.75 Å². The highest BCUT2D eigenvalue weighted by atomic mass is 32.2. The normalized spacial score (nSPS) is 15.2. The van der Waals surface area contributed by atoms with Crippen molar-refractivity contribution in [3.63, 3.8) is 0 Å². The molecule has 0 spiro atoms. The van der Waals surface area contributed by atoms with Crippen molar-refractivity contribution >= 4 is 35.0 Å². The SMILES string of the molecule is C#CCN1C(=O)S/C(=C\c2ccc(OCc3ccc(C(=O)[O-])o3)cc2)C1=O. The van der Waals surface area contributed by atoms with Gasteiger partial charge in [0.2, 0.25) is 0 Å². The maximum atomic E-state index is 12.1. The molecular weight excluding hydrogens is 370 g/mol. The molecule has 136 valence electrons. The molecule has 7 nitrogen and oxygen atoms in total. The Balaban J connectivity index is 1.63. The van der Waals surface area contributed by atoms with E-state index in [0.29, 0.717) is 22.0 Å². The van der Waals surface area contributed by atoms with E-state index in [2.05, 4.69) is 5.92 Å². The molecule has 1 aromatic heterocycles. The van der Waals surface area contributed by atoms with E-state index < -0.39 is 17.1 Å². The molecule has 0 bridgehead atoms. The van der Waals surface area contributed by atoms with Gasteiger partial charge in [-0.1, -0.05) is 18.1 Å². The summed E-state index contributed by atoms with van der Waals surface area (Å²) in [5.41, 5.74) is 0.714. The molecule has 2 aromatic rings. The van der Waals surface area contributed by atoms with E-state index in [1.807, 2.05) is 0 Å². The first kappa shape index (κ1) is 18.4. The Morgan fingerprint density at radius 2 is 2.00 bits per heavy atom. The van der Waals surface area contributed by atoms with Gasteiger partial charge in [-0.2, -0.15) is 0 Å². The maximum Gasteiger partial charge on any atom is 0.294 e. The van der Waals surface area contributed by atoms with E-state index in [1.54, 1.807) is 30.3 Å². The van der Waals surface area contributed by atoms with Crippen molar-refractivity contribution in [2.75, 3.05) is 6.54 Å². The van der Waals surface area contributed by atoms with Crippen LogP contribution in [0.25, 0.3) is 6.08 Å². The van der Waals surface area contributed by atoms with Crippen LogP contribution in [0.2, 0.25) is 0 Å². The van der Waals surface area contributed by atoms with Gasteiger partial charge in [-0.15, -0.1) is 6.42 Å². The number of amides is 2. The second-order valence-electron chi connectivity index (χ2n) is 5.38. The Labute approximate surface area is 158 Å². The van der Waals surface area contributed by atoms with E-state index in [9.17, 15) is 19.5 Å². The van der Waals surface area contributed by atoms with E-state index >= 15 is 0 Å². The highest BCUT2D eigenvalue weighted by Gasteiger charge is 2.34. The summed E-state index contributed by atoms with van der Waals surface area (Å²) in [5.74, 6) is 1.09. The summed E-state index contributed by atoms with van der Waals surface area (Å²) in [7, 11) is 0. The highest BCUT2D eigenvalue weighted by Crippen LogP contribution is 2.32. The summed E-state index contributed by atoms with van der Waals surface area (Å²) in [6.45, 7) is -0.00117. The lowest BCUT2D eigenvalue weighted by atomic mass is 10.2. The number of terminal acetylenes is 1. The van der Waals surface area contributed by atoms with E-state index in [0.717, 1.165) is 16.7 Å². The predicted octanol–water partition coefficient (Wildman–Crippen LogP) is 1.89. The zero-order chi connectivity index (χ0) is 19.4. The third-order valence-corrected chi connectivity index (χ3v) is 4.45. The first-order chi connectivity index (χ1) is 13.0. The van der Waals surface area contributed by atoms with Crippen molar-refractivity contribution in [2.45, 2.75) is 6.61 Å². The molecule has 1 aromatic carbocycles. The van der Waals surface area contributed by atoms with Crippen molar-refractivity contribution in [1.82, 2.24) is 4.90 Å². The number of hydrogen-bond donors (Lipinski definition) is 0. The minimum atomic E-state index is -1.39. The third kappa shape index (κ3) is 4.22. The number of thioether (sulfide) groups is 1. The van der Waals surface area contributed by atoms with Crippen LogP contribution in [-0.2, 0) is 11.4 Å². The Morgan fingerprint density at radius 1 is 1.26 bits per heavy atom. The van der Waals surface area contributed by atoms with Crippen LogP contribution >= 0.6 is 11.8 Å². The van der Waals surface area contributed by atoms with Gasteiger partial charge in [0.25, 0.3) is 11.1 Å². The molecule has 1 aliphatic heterocycles. The van der Waals surface area contributed by atoms with Crippen molar-refractivity contribution in [2.24, 2.45) is 0 Å². The van der Waals surface area contributed by atoms with E-state index in [4.69, 9.17) is 15.6 Å². The second-order valence-corrected chi connectivity index (χ2v) is 6.38. The van der Waals surface area contributed by atoms with Gasteiger partial charge in [-0.3, -0.25) is 14.5 Å². The summed E-state index contributed by atoms with van der Waals surface area (Å²) in [4.78, 5) is 35.9. The number of nitrogens with zero attached hydrogens (tertiary/aromatic N) is 1. The first-order valence-electron chi connectivity index (χ1n) is 7.69. The zero-order valence-corrected chi connectivity index (χ0v) is 14.7. The number of carbonyl (C=O) groups excluding carboxylic acids is 3. The lowest BCUT2D eigenvalue weighted by Crippen LogP contribution is -2.28. The van der Waals surface area contributed by atoms with Crippen molar-refractivity contribution in [3.8, 4) is 18.1 Å². The third-order valence-electron chi connectivity index (χ3n) is 3.54. The summed E-state index contributed by atoms with van der Waals surface area (Å²) in [6, 6.07) is 9.59. The monoisotopic (exact) mass is 382 g/mol. The number of rotatable bonds is 6. The Bertz CT molecular complexity index is 967. The molecule has 0 aliphatic carbocycles. The van der Waals surface area contributed by atoms with Crippen LogP contribution in [0, 0.1) is 12.3 Å². The lowest BCUT2D eigenvalue weighted by Gasteiger charge is -2.06. The second kappa shape index (κ2) is 7.85. The van der Waals surface area contributed by atoms with Gasteiger partial charge in [-0.25, -0.2) is 0 Å². The van der Waals surface area contributed by atoms with Crippen molar-refractivity contribution in [1.29, 1.82) is 0 Å². The number of carboxylic acids is 1. The molecule has 2 heterocycles. The predicted molar refractivity (Wildman–Crippen MR) is 95.3 cm³/mol. The fourth-order valence-corrected chi connectivity index (χ4v) is 3.10. The minimum Gasteiger partial charge on any atom is -0.542 e. The molecule has 3 rings (SSSR count). The summed E-state index contributed by atoms with van der Waals surface area (Å²) < 4.78 is 10.6. The van der Waals surface area contributed by atoms with Crippen LogP contribution in [0.4, 0.5) is 4.79 Å². The smallest absolute Gasteiger partial charge is 0.294 e. The Morgan fingerprint density at radius 3 is 2.63 bits per heavy atom. The van der Waals surface area contributed by atoms with Crippen molar-refractivity contribution in [3.05, 3.63) is 58.4 Å². The molecule has 27 heavy (non-hydrogen) atoms. The van der Waals surface area contributed by atoms with Crippen LogP contribution in [0.3, 0.4) is 0 Å². The fourth-order valence-electron chi connectivity index (χ4n) is 2.26. The molecule has 0 radical (unpaired) electrons. The fraction of sp³-hybridized carbons (Fsp3) is 0.105. The molecule has 0 unspecified atom stereocenters. The minimum absolute atomic E-state index is 0.0532. The van der Waals surface area contributed by atoms with Gasteiger partial charge in [0.15, 0.2) is 0 Å². The molecule has 0 saturated carbocycles. The summed E-state index contributed by atoms with van der Waals surface area (Å²) in [5, 5.41) is 10.3. The topological polar surface area (TPSA) is 99.9 Å². The summed E-state index contributed by atoms with van der Waals surface area (Å²) >= 11 is 0.839. The molecular formula is C19H12NO6S-. The molecule has 2 amide bonds. The van der Waals surface area contributed by atoms with Crippen LogP contribution < -0.4 is 9.84 Å². The standard InChI is InChI=1S/C19H13NO6S/c1-2-9-20-17(21)16(27-19(20)24)10-12-3-5-13(6-4-12)25-11-14-7-8-15(26-14)18(22)23/h1,3-8,10H,9,11H2,(H,22,23)/p-1/b16-10-. The number of benzene rings is 1. The van der Waals surface area contributed by atoms with Gasteiger partial charge in [0.1, 0.15) is 29.8 Å². The number of ether oxygens (including phenoxy) is 1. The maximum absolute atomic E-state index is 12.1. The number of hydrogen-bond acceptors (Lipinski definition) is 7. The molecule has 1 fully saturated rings. The van der Waals surface area contributed by atoms with Gasteiger partial charge in [-0.05, 0) is 47.7 Å². The molecule has 1 aliphatic rings. The number of aromatic carboxylic acids is 1. The number of carboxylic acid groups (broad SMARTS) is 1.